The van der Waals surface area contributed by atoms with Crippen LogP contribution in [0, 0.1) is 11.8 Å². The lowest BCUT2D eigenvalue weighted by Gasteiger charge is -2.41. The maximum atomic E-state index is 15.3. The maximum absolute atomic E-state index is 15.3. The van der Waals surface area contributed by atoms with Crippen molar-refractivity contribution in [2.75, 3.05) is 12.4 Å². The molecule has 10 rings (SSSR count). The molecule has 0 saturated heterocycles. The van der Waals surface area contributed by atoms with E-state index < -0.39 is 214 Å². The number of rotatable bonds is 11. The molecule has 42 heteroatoms. The van der Waals surface area contributed by atoms with E-state index in [-0.39, 0.29) is 77.7 Å². The second-order valence-electron chi connectivity index (χ2n) is 27.3. The van der Waals surface area contributed by atoms with Crippen LogP contribution in [0.25, 0.3) is 0 Å². The number of aliphatic hydroxyl groups is 5. The molecule has 37 nitrogen and oxygen atoms in total. The van der Waals surface area contributed by atoms with Crippen LogP contribution in [-0.4, -0.2) is 212 Å². The van der Waals surface area contributed by atoms with Gasteiger partial charge in [-0.25, -0.2) is 24.7 Å². The Labute approximate surface area is 659 Å². The molecule has 4 aromatic rings. The van der Waals surface area contributed by atoms with Crippen molar-refractivity contribution in [3.63, 3.8) is 0 Å². The smallest absolute Gasteiger partial charge is 0.356 e. The largest absolute Gasteiger partial charge is 0.455 e. The van der Waals surface area contributed by atoms with E-state index in [0.29, 0.717) is 0 Å². The van der Waals surface area contributed by atoms with E-state index >= 15 is 9.59 Å². The van der Waals surface area contributed by atoms with Crippen LogP contribution in [0.5, 0.6) is 0 Å². The molecule has 0 fully saturated rings. The molecule has 5 aliphatic heterocycles. The Kier molecular flexibility index (Phi) is 25.9. The number of aliphatic imine (C=N–C) groups is 3. The van der Waals surface area contributed by atoms with Crippen molar-refractivity contribution >= 4 is 145 Å². The standard InChI is InChI=1S/C70H81N19O18S5/c1-13-36-63-82-43(22-108-63)60(102)88-51(69(12,106)33(11)92)66-84-42(23-111-66)58(100)87-47-32(10)107-67(105)39-18-34(19-90)35-14-15-37(49(93)48(35)78-39)77-45(25(2)3)61(103)76-29(7)55(97)73-27(5)54(96)74-30(8)56(98)89-70(68-85-44(24-112-68)59(101)86-46(31(9)91)62(104)80-36)17-16-38(79-50(70)40-20-110-65(47)81-40)64-83-41(21-109-64)57(99)75-28(6)53(95)72-26(4)52(71)94/h13-15,18,20-21,23-25,30-33,35,37,43,45-51,77,90-93,106H,4-7,16-17,19,22H2,1-3,8-12H3,(H2,71,94)(H,72,95)(H,73,97)(H,74,96)(H,75,99)(H,76,103)(H,80,104)(H,86,101)(H,87,100)(H,88,102)(H,89,98)/b36-13-/t30-,31+,32+,33+,35?,37-,43+,45-,46+,47-,48?,49+,50-,51+,69+,70-/m1/s1. The van der Waals surface area contributed by atoms with E-state index in [1.165, 1.54) is 68.3 Å². The van der Waals surface area contributed by atoms with Crippen LogP contribution in [0.2, 0.25) is 0 Å². The molecule has 13 bridgehead atoms. The van der Waals surface area contributed by atoms with Crippen molar-refractivity contribution in [3.05, 3.63) is 149 Å². The number of aliphatic hydroxyl groups excluding tert-OH is 4. The first-order valence-electron chi connectivity index (χ1n) is 34.6. The van der Waals surface area contributed by atoms with Crippen molar-refractivity contribution < 1.29 is 87.8 Å². The fraction of sp³-hybridized carbons (Fsp3) is 0.414. The Morgan fingerprint density at radius 3 is 2.12 bits per heavy atom. The van der Waals surface area contributed by atoms with Crippen molar-refractivity contribution in [2.24, 2.45) is 32.5 Å². The average Bonchev–Trinajstić information content (AvgIpc) is 1.46. The van der Waals surface area contributed by atoms with E-state index in [1.54, 1.807) is 32.9 Å². The van der Waals surface area contributed by atoms with E-state index in [0.717, 1.165) is 57.1 Å². The van der Waals surface area contributed by atoms with Crippen LogP contribution in [0.1, 0.15) is 144 Å². The molecule has 2 unspecified atom stereocenters. The summed E-state index contributed by atoms with van der Waals surface area (Å²) in [5.74, 6) is -13.4. The second kappa shape index (κ2) is 34.6. The molecular weight excluding hydrogens is 1560 g/mol. The number of cyclic esters (lactones) is 1. The van der Waals surface area contributed by atoms with Crippen molar-refractivity contribution in [1.29, 1.82) is 0 Å². The minimum atomic E-state index is -2.20. The Bertz CT molecular complexity index is 4780. The maximum Gasteiger partial charge on any atom is 0.356 e. The molecule has 16 atom stereocenters. The molecule has 594 valence electrons. The van der Waals surface area contributed by atoms with Crippen molar-refractivity contribution in [3.8, 4) is 0 Å². The number of allylic oxidation sites excluding steroid dienone is 1. The Hall–Kier alpha value is -10.5. The first-order valence-corrected chi connectivity index (χ1v) is 39.1. The van der Waals surface area contributed by atoms with Gasteiger partial charge in [0.1, 0.15) is 101 Å². The molecule has 0 saturated carbocycles. The third-order valence-electron chi connectivity index (χ3n) is 18.9. The molecule has 18 N–H and O–H groups in total. The highest BCUT2D eigenvalue weighted by Gasteiger charge is 2.52. The average molecular weight is 1640 g/mol. The van der Waals surface area contributed by atoms with Gasteiger partial charge in [0.05, 0.1) is 82.9 Å². The van der Waals surface area contributed by atoms with Crippen molar-refractivity contribution in [1.82, 2.24) is 78.4 Å². The Balaban J connectivity index is 1.16. The van der Waals surface area contributed by atoms with Crippen LogP contribution in [0.4, 0.5) is 0 Å². The first-order chi connectivity index (χ1) is 52.8. The normalized spacial score (nSPS) is 28.0. The van der Waals surface area contributed by atoms with Crippen molar-refractivity contribution in [2.45, 2.75) is 158 Å². The second-order valence-corrected chi connectivity index (χ2v) is 31.8. The monoisotopic (exact) mass is 1640 g/mol. The highest BCUT2D eigenvalue weighted by atomic mass is 32.2. The number of nitrogens with two attached hydrogens (primary N) is 1. The number of amides is 11. The van der Waals surface area contributed by atoms with Crippen LogP contribution in [0.15, 0.2) is 121 Å². The number of primary amides is 1. The van der Waals surface area contributed by atoms with Gasteiger partial charge in [-0.2, -0.15) is 0 Å². The minimum absolute atomic E-state index is 0.0154. The molecule has 11 amide bonds. The van der Waals surface area contributed by atoms with Crippen LogP contribution < -0.4 is 64.2 Å². The summed E-state index contributed by atoms with van der Waals surface area (Å²) in [6.45, 7) is 24.9. The minimum Gasteiger partial charge on any atom is -0.455 e. The predicted octanol–water partition coefficient (Wildman–Crippen LogP) is -1.02. The molecule has 112 heavy (non-hydrogen) atoms. The highest BCUT2D eigenvalue weighted by molar-refractivity contribution is 8.14. The fourth-order valence-electron chi connectivity index (χ4n) is 12.2. The number of hydrogen-bond acceptors (Lipinski definition) is 31. The molecule has 9 heterocycles. The molecule has 0 radical (unpaired) electrons. The summed E-state index contributed by atoms with van der Waals surface area (Å²) >= 11 is 4.41. The number of fused-ring (bicyclic) bond motifs is 6. The number of carbonyl (C=O) groups is 12. The molecule has 6 aliphatic rings. The zero-order valence-corrected chi connectivity index (χ0v) is 65.3. The molecule has 1 aliphatic carbocycles. The molecule has 4 aromatic heterocycles. The lowest BCUT2D eigenvalue weighted by atomic mass is 9.78. The topological polar surface area (TPSA) is 562 Å². The van der Waals surface area contributed by atoms with Gasteiger partial charge in [0.2, 0.25) is 23.6 Å². The number of esters is 1. The SMILES string of the molecule is C=C(NC(=O)C(=C)NC(=O)c1csc(C2=N[C@@H]3c4csc(n4)[C@@H]4NC(=O)c5csc(n5)[C@@H]([C@@](C)(O)[C@H](C)O)NC(=O)[C@@H]5CSC(=N5)/C(=C/C)NC(=O)[C@H]([C@H](C)O)NC(=O)c5csc(n5)[C@]3(CC2)NC(=O)[C@@H](C)NC(=O)C(=C)NC(=O)C(=C)NC(=O)[C@@H](C(C)C)N[C@@H]2C=CC3C(CO)=CC(=NC3[C@H]2O)C(=O)O[C@H]4C)n1)C(N)=O. The van der Waals surface area contributed by atoms with Gasteiger partial charge in [-0.1, -0.05) is 58.4 Å². The third kappa shape index (κ3) is 18.2. The Morgan fingerprint density at radius 1 is 0.768 bits per heavy atom. The van der Waals surface area contributed by atoms with Crippen LogP contribution >= 0.6 is 57.1 Å². The van der Waals surface area contributed by atoms with Gasteiger partial charge >= 0.3 is 5.97 Å². The summed E-state index contributed by atoms with van der Waals surface area (Å²) in [6.07, 6.45) is -0.779. The summed E-state index contributed by atoms with van der Waals surface area (Å²) in [5.41, 5.74) is -2.37. The number of dihydropyridines is 1. The zero-order chi connectivity index (χ0) is 81.9. The quantitative estimate of drug-likeness (QED) is 0.0485. The van der Waals surface area contributed by atoms with Crippen LogP contribution in [0.3, 0.4) is 0 Å². The van der Waals surface area contributed by atoms with Gasteiger partial charge in [0.15, 0.2) is 0 Å². The summed E-state index contributed by atoms with van der Waals surface area (Å²) < 4.78 is 6.23. The van der Waals surface area contributed by atoms with E-state index in [9.17, 15) is 73.5 Å². The van der Waals surface area contributed by atoms with Gasteiger partial charge in [-0.15, -0.1) is 57.1 Å². The summed E-state index contributed by atoms with van der Waals surface area (Å²) in [4.78, 5) is 203. The highest BCUT2D eigenvalue weighted by Crippen LogP contribution is 2.48. The Morgan fingerprint density at radius 2 is 1.45 bits per heavy atom. The lowest BCUT2D eigenvalue weighted by molar-refractivity contribution is -0.141. The van der Waals surface area contributed by atoms with Gasteiger partial charge in [-0.3, -0.25) is 73.0 Å². The summed E-state index contributed by atoms with van der Waals surface area (Å²) in [5, 5.41) is 91.1. The number of thioether (sulfide) groups is 1. The number of nitrogens with one attached hydrogen (secondary N) is 11. The number of carbonyl (C=O) groups excluding carboxylic acids is 12. The number of nitrogens with zero attached hydrogens (tertiary/aromatic N) is 7. The number of thiazole rings is 4. The molecule has 0 aromatic carbocycles. The van der Waals surface area contributed by atoms with Gasteiger partial charge in [0.25, 0.3) is 41.4 Å². The molecular formula is C70H81N19O18S5. The third-order valence-corrected chi connectivity index (χ3v) is 23.7. The van der Waals surface area contributed by atoms with Gasteiger partial charge in [0, 0.05) is 33.2 Å². The van der Waals surface area contributed by atoms with E-state index in [1.807, 2.05) is 0 Å². The number of aromatic nitrogens is 4. The van der Waals surface area contributed by atoms with E-state index in [4.69, 9.17) is 25.4 Å². The fourth-order valence-corrected chi connectivity index (χ4v) is 17.1. The summed E-state index contributed by atoms with van der Waals surface area (Å²) in [7, 11) is 0. The lowest BCUT2D eigenvalue weighted by Crippen LogP contribution is -2.58. The number of ether oxygens (including phenoxy) is 1. The number of hydrogen-bond donors (Lipinski definition) is 17. The van der Waals surface area contributed by atoms with Gasteiger partial charge < -0.3 is 89.2 Å². The summed E-state index contributed by atoms with van der Waals surface area (Å²) in [6, 6.07) is -12.7. The van der Waals surface area contributed by atoms with E-state index in [2.05, 4.69) is 105 Å². The van der Waals surface area contributed by atoms with Crippen LogP contribution in [-0.2, 0) is 53.4 Å². The first kappa shape index (κ1) is 83.9. The van der Waals surface area contributed by atoms with Gasteiger partial charge in [-0.05, 0) is 72.0 Å². The zero-order valence-electron chi connectivity index (χ0n) is 61.2. The molecule has 0 spiro atoms. The predicted molar refractivity (Wildman–Crippen MR) is 410 cm³/mol.